The number of carboxylic acids is 1. The van der Waals surface area contributed by atoms with Crippen LogP contribution >= 0.6 is 11.3 Å². The zero-order valence-electron chi connectivity index (χ0n) is 7.22. The number of rotatable bonds is 4. The molecule has 0 fully saturated rings. The van der Waals surface area contributed by atoms with Crippen LogP contribution in [0, 0.1) is 6.92 Å². The Morgan fingerprint density at radius 2 is 2.36 bits per heavy atom. The first-order chi connectivity index (χ1) is 6.39. The smallest absolute Gasteiger partial charge is 0.320 e. The number of sulfonamides is 1. The maximum atomic E-state index is 11.1. The van der Waals surface area contributed by atoms with Crippen molar-refractivity contribution < 1.29 is 18.3 Å². The second kappa shape index (κ2) is 3.93. The number of aryl methyl sites for hydroxylation is 1. The molecule has 0 saturated heterocycles. The largest absolute Gasteiger partial charge is 0.480 e. The van der Waals surface area contributed by atoms with Crippen molar-refractivity contribution in [3.63, 3.8) is 0 Å². The van der Waals surface area contributed by atoms with Crippen molar-refractivity contribution >= 4 is 32.5 Å². The minimum Gasteiger partial charge on any atom is -0.480 e. The van der Waals surface area contributed by atoms with E-state index in [9.17, 15) is 13.2 Å². The molecule has 0 aliphatic carbocycles. The quantitative estimate of drug-likeness (QED) is 0.782. The van der Waals surface area contributed by atoms with Gasteiger partial charge in [0.1, 0.15) is 0 Å². The molecule has 1 aromatic heterocycles. The van der Waals surface area contributed by atoms with E-state index in [1.165, 1.54) is 0 Å². The SMILES string of the molecule is Cc1csc(NS(=O)(=O)CC(=O)O)n1. The van der Waals surface area contributed by atoms with Crippen LogP contribution in [-0.2, 0) is 14.8 Å². The second-order valence-corrected chi connectivity index (χ2v) is 5.13. The molecular weight excluding hydrogens is 228 g/mol. The van der Waals surface area contributed by atoms with Crippen molar-refractivity contribution in [3.05, 3.63) is 11.1 Å². The lowest BCUT2D eigenvalue weighted by atomic mass is 10.6. The van der Waals surface area contributed by atoms with Crippen molar-refractivity contribution in [2.45, 2.75) is 6.92 Å². The number of nitrogens with zero attached hydrogens (tertiary/aromatic N) is 1. The fourth-order valence-electron chi connectivity index (χ4n) is 0.733. The van der Waals surface area contributed by atoms with Gasteiger partial charge in [-0.3, -0.25) is 9.52 Å². The molecule has 0 atom stereocenters. The zero-order valence-corrected chi connectivity index (χ0v) is 8.85. The highest BCUT2D eigenvalue weighted by Gasteiger charge is 2.16. The number of thiazole rings is 1. The van der Waals surface area contributed by atoms with Gasteiger partial charge in [-0.1, -0.05) is 0 Å². The Hall–Kier alpha value is -1.15. The first-order valence-corrected chi connectivity index (χ1v) is 6.07. The lowest BCUT2D eigenvalue weighted by Gasteiger charge is -2.00. The average Bonchev–Trinajstić information content (AvgIpc) is 2.30. The highest BCUT2D eigenvalue weighted by atomic mass is 32.2. The summed E-state index contributed by atoms with van der Waals surface area (Å²) >= 11 is 1.11. The first kappa shape index (κ1) is 10.9. The van der Waals surface area contributed by atoms with Crippen LogP contribution in [0.1, 0.15) is 5.69 Å². The lowest BCUT2D eigenvalue weighted by Crippen LogP contribution is -2.22. The van der Waals surface area contributed by atoms with Crippen LogP contribution in [-0.4, -0.2) is 30.2 Å². The highest BCUT2D eigenvalue weighted by Crippen LogP contribution is 2.15. The fourth-order valence-corrected chi connectivity index (χ4v) is 2.55. The van der Waals surface area contributed by atoms with E-state index in [-0.39, 0.29) is 5.13 Å². The van der Waals surface area contributed by atoms with E-state index in [0.29, 0.717) is 5.69 Å². The number of hydrogen-bond donors (Lipinski definition) is 2. The molecule has 1 heterocycles. The topological polar surface area (TPSA) is 96.4 Å². The summed E-state index contributed by atoms with van der Waals surface area (Å²) in [6.07, 6.45) is 0. The van der Waals surface area contributed by atoms with Gasteiger partial charge in [0, 0.05) is 5.38 Å². The summed E-state index contributed by atoms with van der Waals surface area (Å²) in [5.41, 5.74) is 0.683. The van der Waals surface area contributed by atoms with Crippen molar-refractivity contribution in [2.75, 3.05) is 10.5 Å². The maximum Gasteiger partial charge on any atom is 0.320 e. The van der Waals surface area contributed by atoms with Crippen LogP contribution < -0.4 is 4.72 Å². The molecule has 0 aromatic carbocycles. The average molecular weight is 236 g/mol. The van der Waals surface area contributed by atoms with Crippen molar-refractivity contribution in [3.8, 4) is 0 Å². The van der Waals surface area contributed by atoms with Gasteiger partial charge in [-0.05, 0) is 6.92 Å². The summed E-state index contributed by atoms with van der Waals surface area (Å²) in [6, 6.07) is 0. The molecule has 0 bridgehead atoms. The predicted molar refractivity (Wildman–Crippen MR) is 51.9 cm³/mol. The van der Waals surface area contributed by atoms with Gasteiger partial charge in [0.15, 0.2) is 10.9 Å². The molecule has 0 amide bonds. The van der Waals surface area contributed by atoms with E-state index in [1.807, 2.05) is 0 Å². The Bertz CT molecular complexity index is 436. The summed E-state index contributed by atoms with van der Waals surface area (Å²) in [4.78, 5) is 14.0. The number of aromatic nitrogens is 1. The Labute approximate surface area is 84.7 Å². The van der Waals surface area contributed by atoms with Gasteiger partial charge in [-0.15, -0.1) is 11.3 Å². The minimum atomic E-state index is -3.82. The predicted octanol–water partition coefficient (Wildman–Crippen LogP) is 0.278. The number of carboxylic acid groups (broad SMARTS) is 1. The number of carbonyl (C=O) groups is 1. The zero-order chi connectivity index (χ0) is 10.8. The van der Waals surface area contributed by atoms with E-state index in [2.05, 4.69) is 9.71 Å². The number of anilines is 1. The molecule has 0 unspecified atom stereocenters. The van der Waals surface area contributed by atoms with Crippen molar-refractivity contribution in [1.29, 1.82) is 0 Å². The normalized spacial score (nSPS) is 11.2. The Morgan fingerprint density at radius 1 is 1.71 bits per heavy atom. The van der Waals surface area contributed by atoms with Crippen molar-refractivity contribution in [1.82, 2.24) is 4.98 Å². The Balaban J connectivity index is 2.73. The third kappa shape index (κ3) is 3.30. The molecule has 0 radical (unpaired) electrons. The molecule has 1 aromatic rings. The third-order valence-electron chi connectivity index (χ3n) is 1.18. The van der Waals surface area contributed by atoms with Gasteiger partial charge in [-0.25, -0.2) is 13.4 Å². The Kier molecular flexibility index (Phi) is 3.06. The highest BCUT2D eigenvalue weighted by molar-refractivity contribution is 7.93. The van der Waals surface area contributed by atoms with E-state index in [1.54, 1.807) is 12.3 Å². The van der Waals surface area contributed by atoms with Gasteiger partial charge >= 0.3 is 5.97 Å². The maximum absolute atomic E-state index is 11.1. The standard InChI is InChI=1S/C6H8N2O4S2/c1-4-2-13-6(7-4)8-14(11,12)3-5(9)10/h2H,3H2,1H3,(H,7,8)(H,9,10). The molecule has 0 aliphatic rings. The van der Waals surface area contributed by atoms with Crippen LogP contribution in [0.2, 0.25) is 0 Å². The minimum absolute atomic E-state index is 0.184. The van der Waals surface area contributed by atoms with Gasteiger partial charge in [0.05, 0.1) is 5.69 Å². The summed E-state index contributed by atoms with van der Waals surface area (Å²) in [7, 11) is -3.82. The summed E-state index contributed by atoms with van der Waals surface area (Å²) < 4.78 is 24.3. The van der Waals surface area contributed by atoms with Crippen LogP contribution in [0.5, 0.6) is 0 Å². The molecule has 0 saturated carbocycles. The number of aliphatic carboxylic acids is 1. The van der Waals surface area contributed by atoms with Crippen molar-refractivity contribution in [2.24, 2.45) is 0 Å². The van der Waals surface area contributed by atoms with Crippen LogP contribution in [0.3, 0.4) is 0 Å². The molecule has 0 spiro atoms. The molecule has 2 N–H and O–H groups in total. The molecule has 8 heteroatoms. The molecule has 78 valence electrons. The van der Waals surface area contributed by atoms with E-state index in [0.717, 1.165) is 11.3 Å². The Morgan fingerprint density at radius 3 is 2.79 bits per heavy atom. The number of nitrogens with one attached hydrogen (secondary N) is 1. The molecule has 6 nitrogen and oxygen atoms in total. The fraction of sp³-hybridized carbons (Fsp3) is 0.333. The molecule has 14 heavy (non-hydrogen) atoms. The molecular formula is C6H8N2O4S2. The lowest BCUT2D eigenvalue weighted by molar-refractivity contribution is -0.134. The summed E-state index contributed by atoms with van der Waals surface area (Å²) in [6.45, 7) is 1.71. The monoisotopic (exact) mass is 236 g/mol. The van der Waals surface area contributed by atoms with E-state index >= 15 is 0 Å². The number of hydrogen-bond acceptors (Lipinski definition) is 5. The van der Waals surface area contributed by atoms with Gasteiger partial charge in [0.25, 0.3) is 0 Å². The molecule has 1 rings (SSSR count). The molecule has 0 aliphatic heterocycles. The summed E-state index contributed by atoms with van der Waals surface area (Å²) in [5.74, 6) is -2.35. The second-order valence-electron chi connectivity index (χ2n) is 2.55. The van der Waals surface area contributed by atoms with Crippen LogP contribution in [0.15, 0.2) is 5.38 Å². The van der Waals surface area contributed by atoms with E-state index < -0.39 is 21.7 Å². The van der Waals surface area contributed by atoms with E-state index in [4.69, 9.17) is 5.11 Å². The van der Waals surface area contributed by atoms with Gasteiger partial charge < -0.3 is 5.11 Å². The third-order valence-corrected chi connectivity index (χ3v) is 3.31. The van der Waals surface area contributed by atoms with Gasteiger partial charge in [-0.2, -0.15) is 0 Å². The van der Waals surface area contributed by atoms with Crippen LogP contribution in [0.4, 0.5) is 5.13 Å². The van der Waals surface area contributed by atoms with Crippen LogP contribution in [0.25, 0.3) is 0 Å². The van der Waals surface area contributed by atoms with Gasteiger partial charge in [0.2, 0.25) is 10.0 Å². The first-order valence-electron chi connectivity index (χ1n) is 3.53. The summed E-state index contributed by atoms with van der Waals surface area (Å²) in [5, 5.41) is 10.1.